The van der Waals surface area contributed by atoms with Gasteiger partial charge in [-0.05, 0) is 6.92 Å². The fourth-order valence-corrected chi connectivity index (χ4v) is 1.36. The van der Waals surface area contributed by atoms with Gasteiger partial charge in [0.25, 0.3) is 6.10 Å². The van der Waals surface area contributed by atoms with E-state index in [0.717, 1.165) is 7.05 Å². The highest BCUT2D eigenvalue weighted by Gasteiger charge is 2.59. The molecule has 0 bridgehead atoms. The van der Waals surface area contributed by atoms with E-state index < -0.39 is 29.9 Å². The quantitative estimate of drug-likeness (QED) is 0.634. The summed E-state index contributed by atoms with van der Waals surface area (Å²) < 4.78 is 78.5. The highest BCUT2D eigenvalue weighted by molar-refractivity contribution is 5.80. The number of hydrogen-bond donors (Lipinski definition) is 0. The van der Waals surface area contributed by atoms with Crippen LogP contribution in [-0.4, -0.2) is 34.5 Å². The largest absolute Gasteiger partial charge is 0.454 e. The van der Waals surface area contributed by atoms with E-state index in [1.807, 2.05) is 0 Å². The molecule has 10 heteroatoms. The Morgan fingerprint density at radius 1 is 1.21 bits per heavy atom. The lowest BCUT2D eigenvalue weighted by Crippen LogP contribution is -2.47. The average Bonchev–Trinajstić information content (AvgIpc) is 2.45. The molecule has 19 heavy (non-hydrogen) atoms. The number of alkyl halides is 6. The summed E-state index contributed by atoms with van der Waals surface area (Å²) in [6, 6.07) is 0. The Balaban J connectivity index is 3.22. The first-order valence-corrected chi connectivity index (χ1v) is 4.77. The van der Waals surface area contributed by atoms with Crippen LogP contribution < -0.4 is 4.74 Å². The highest BCUT2D eigenvalue weighted by atomic mass is 19.4. The fourth-order valence-electron chi connectivity index (χ4n) is 1.36. The van der Waals surface area contributed by atoms with Gasteiger partial charge in [-0.25, -0.2) is 4.68 Å². The van der Waals surface area contributed by atoms with Crippen molar-refractivity contribution in [3.63, 3.8) is 0 Å². The van der Waals surface area contributed by atoms with Crippen molar-refractivity contribution >= 4 is 6.29 Å². The standard InChI is InChI=1S/C9H8F6N2O2/c1-4-5(3-18)6(17(2)16-4)19-7(8(10,11)12)9(13,14)15/h3,7H,1-2H3. The lowest BCUT2D eigenvalue weighted by Gasteiger charge is -2.23. The van der Waals surface area contributed by atoms with Crippen molar-refractivity contribution in [3.05, 3.63) is 11.3 Å². The minimum absolute atomic E-state index is 0.0319. The summed E-state index contributed by atoms with van der Waals surface area (Å²) in [4.78, 5) is 10.6. The third kappa shape index (κ3) is 3.18. The maximum Gasteiger partial charge on any atom is 0.434 e. The topological polar surface area (TPSA) is 44.1 Å². The van der Waals surface area contributed by atoms with Crippen LogP contribution in [0.2, 0.25) is 0 Å². The van der Waals surface area contributed by atoms with Crippen LogP contribution in [-0.2, 0) is 7.05 Å². The van der Waals surface area contributed by atoms with E-state index in [4.69, 9.17) is 0 Å². The molecular formula is C9H8F6N2O2. The second-order valence-corrected chi connectivity index (χ2v) is 3.63. The average molecular weight is 290 g/mol. The zero-order valence-electron chi connectivity index (χ0n) is 9.63. The van der Waals surface area contributed by atoms with Crippen LogP contribution in [0.4, 0.5) is 26.3 Å². The number of rotatable bonds is 3. The summed E-state index contributed by atoms with van der Waals surface area (Å²) in [5.74, 6) is -0.882. The number of aryl methyl sites for hydroxylation is 2. The van der Waals surface area contributed by atoms with Gasteiger partial charge in [-0.3, -0.25) is 4.79 Å². The molecule has 0 aliphatic carbocycles. The molecule has 0 aliphatic rings. The van der Waals surface area contributed by atoms with Crippen molar-refractivity contribution in [1.82, 2.24) is 9.78 Å². The van der Waals surface area contributed by atoms with Crippen molar-refractivity contribution in [2.75, 3.05) is 0 Å². The van der Waals surface area contributed by atoms with Crippen molar-refractivity contribution < 1.29 is 35.9 Å². The highest BCUT2D eigenvalue weighted by Crippen LogP contribution is 2.37. The Morgan fingerprint density at radius 2 is 1.68 bits per heavy atom. The molecule has 0 saturated heterocycles. The predicted octanol–water partition coefficient (Wildman–Crippen LogP) is 2.41. The van der Waals surface area contributed by atoms with Crippen LogP contribution in [0, 0.1) is 6.92 Å². The molecule has 1 rings (SSSR count). The van der Waals surface area contributed by atoms with Gasteiger partial charge in [0.15, 0.2) is 6.29 Å². The maximum atomic E-state index is 12.3. The number of ether oxygens (including phenoxy) is 1. The molecule has 1 aromatic rings. The van der Waals surface area contributed by atoms with Gasteiger partial charge < -0.3 is 4.74 Å². The van der Waals surface area contributed by atoms with Crippen molar-refractivity contribution in [3.8, 4) is 5.88 Å². The minimum Gasteiger partial charge on any atom is -0.454 e. The number of nitrogens with zero attached hydrogens (tertiary/aromatic N) is 2. The van der Waals surface area contributed by atoms with E-state index in [-0.39, 0.29) is 12.0 Å². The smallest absolute Gasteiger partial charge is 0.434 e. The molecule has 0 N–H and O–H groups in total. The van der Waals surface area contributed by atoms with E-state index in [1.54, 1.807) is 0 Å². The first-order chi connectivity index (χ1) is 8.48. The zero-order valence-corrected chi connectivity index (χ0v) is 9.63. The van der Waals surface area contributed by atoms with E-state index in [0.29, 0.717) is 4.68 Å². The summed E-state index contributed by atoms with van der Waals surface area (Å²) >= 11 is 0. The normalized spacial score (nSPS) is 12.9. The molecule has 0 radical (unpaired) electrons. The second kappa shape index (κ2) is 4.74. The number of carbonyl (C=O) groups is 1. The van der Waals surface area contributed by atoms with Crippen LogP contribution in [0.15, 0.2) is 0 Å². The molecule has 0 amide bonds. The van der Waals surface area contributed by atoms with Crippen LogP contribution >= 0.6 is 0 Å². The minimum atomic E-state index is -5.66. The predicted molar refractivity (Wildman–Crippen MR) is 49.9 cm³/mol. The van der Waals surface area contributed by atoms with Crippen molar-refractivity contribution in [2.45, 2.75) is 25.4 Å². The molecule has 1 aromatic heterocycles. The van der Waals surface area contributed by atoms with Gasteiger partial charge in [0.2, 0.25) is 5.88 Å². The second-order valence-electron chi connectivity index (χ2n) is 3.63. The SMILES string of the molecule is Cc1nn(C)c(OC(C(F)(F)F)C(F)(F)F)c1C=O. The number of halogens is 6. The molecule has 108 valence electrons. The van der Waals surface area contributed by atoms with Gasteiger partial charge >= 0.3 is 12.4 Å². The molecule has 0 unspecified atom stereocenters. The van der Waals surface area contributed by atoms with Crippen LogP contribution in [0.25, 0.3) is 0 Å². The Kier molecular flexibility index (Phi) is 3.82. The molecule has 1 heterocycles. The molecule has 0 atom stereocenters. The zero-order chi connectivity index (χ0) is 15.0. The maximum absolute atomic E-state index is 12.3. The fraction of sp³-hybridized carbons (Fsp3) is 0.556. The van der Waals surface area contributed by atoms with Crippen molar-refractivity contribution in [1.29, 1.82) is 0 Å². The monoisotopic (exact) mass is 290 g/mol. The Morgan fingerprint density at radius 3 is 2.05 bits per heavy atom. The molecule has 0 saturated carbocycles. The van der Waals surface area contributed by atoms with Gasteiger partial charge in [0.1, 0.15) is 0 Å². The molecule has 4 nitrogen and oxygen atoms in total. The van der Waals surface area contributed by atoms with Gasteiger partial charge in [-0.15, -0.1) is 0 Å². The molecule has 0 aliphatic heterocycles. The summed E-state index contributed by atoms with van der Waals surface area (Å²) in [6.45, 7) is 1.26. The Hall–Kier alpha value is -1.74. The van der Waals surface area contributed by atoms with Gasteiger partial charge in [-0.2, -0.15) is 31.4 Å². The summed E-state index contributed by atoms with van der Waals surface area (Å²) in [7, 11) is 1.07. The van der Waals surface area contributed by atoms with Crippen LogP contribution in [0.5, 0.6) is 5.88 Å². The van der Waals surface area contributed by atoms with Gasteiger partial charge in [0.05, 0.1) is 11.3 Å². The third-order valence-electron chi connectivity index (χ3n) is 2.16. The Bertz CT molecular complexity index is 462. The van der Waals surface area contributed by atoms with E-state index >= 15 is 0 Å². The van der Waals surface area contributed by atoms with Crippen LogP contribution in [0.3, 0.4) is 0 Å². The van der Waals surface area contributed by atoms with E-state index in [1.165, 1.54) is 6.92 Å². The summed E-state index contributed by atoms with van der Waals surface area (Å²) in [5, 5.41) is 3.52. The molecular weight excluding hydrogens is 282 g/mol. The number of aromatic nitrogens is 2. The first-order valence-electron chi connectivity index (χ1n) is 4.77. The number of aldehydes is 1. The van der Waals surface area contributed by atoms with Crippen LogP contribution in [0.1, 0.15) is 16.1 Å². The van der Waals surface area contributed by atoms with E-state index in [2.05, 4.69) is 9.84 Å². The van der Waals surface area contributed by atoms with Gasteiger partial charge in [-0.1, -0.05) is 0 Å². The van der Waals surface area contributed by atoms with E-state index in [9.17, 15) is 31.1 Å². The lowest BCUT2D eigenvalue weighted by molar-refractivity contribution is -0.300. The molecule has 0 spiro atoms. The first kappa shape index (κ1) is 15.3. The third-order valence-corrected chi connectivity index (χ3v) is 2.16. The molecule has 0 aromatic carbocycles. The van der Waals surface area contributed by atoms with Crippen molar-refractivity contribution in [2.24, 2.45) is 7.05 Å². The lowest BCUT2D eigenvalue weighted by atomic mass is 10.2. The molecule has 0 fully saturated rings. The Labute approximate surface area is 102 Å². The number of hydrogen-bond acceptors (Lipinski definition) is 3. The number of carbonyl (C=O) groups excluding carboxylic acids is 1. The summed E-state index contributed by atoms with van der Waals surface area (Å²) in [6.07, 6.45) is -15.2. The summed E-state index contributed by atoms with van der Waals surface area (Å²) in [5.41, 5.74) is -0.489. The van der Waals surface area contributed by atoms with Gasteiger partial charge in [0, 0.05) is 7.05 Å².